The zero-order valence-corrected chi connectivity index (χ0v) is 19.1. The summed E-state index contributed by atoms with van der Waals surface area (Å²) >= 11 is 0. The Morgan fingerprint density at radius 2 is 1.97 bits per heavy atom. The number of nitrogens with one attached hydrogen (secondary N) is 1. The van der Waals surface area contributed by atoms with Crippen LogP contribution in [0.25, 0.3) is 22.6 Å². The molecule has 35 heavy (non-hydrogen) atoms. The lowest BCUT2D eigenvalue weighted by Crippen LogP contribution is -2.36. The lowest BCUT2D eigenvalue weighted by Gasteiger charge is -2.21. The number of pyridine rings is 1. The summed E-state index contributed by atoms with van der Waals surface area (Å²) in [6.07, 6.45) is 1.61. The van der Waals surface area contributed by atoms with Crippen LogP contribution in [0.3, 0.4) is 0 Å². The second-order valence-corrected chi connectivity index (χ2v) is 8.63. The molecule has 0 atom stereocenters. The molecule has 3 N–H and O–H groups in total. The Morgan fingerprint density at radius 3 is 2.74 bits per heavy atom. The van der Waals surface area contributed by atoms with Crippen LogP contribution in [-0.2, 0) is 12.0 Å². The minimum atomic E-state index is -0.788. The molecule has 0 spiro atoms. The molecule has 1 aliphatic rings. The highest BCUT2D eigenvalue weighted by atomic mass is 19.1. The van der Waals surface area contributed by atoms with E-state index in [9.17, 15) is 13.6 Å². The number of amidine groups is 1. The number of carbonyl (C=O) groups excluding carboxylic acids is 1. The number of nitrogens with two attached hydrogens (primary N) is 1. The molecule has 11 heteroatoms. The van der Waals surface area contributed by atoms with Gasteiger partial charge in [0.2, 0.25) is 0 Å². The van der Waals surface area contributed by atoms with Crippen molar-refractivity contribution in [3.05, 3.63) is 65.2 Å². The summed E-state index contributed by atoms with van der Waals surface area (Å²) in [4.78, 5) is 30.8. The van der Waals surface area contributed by atoms with Crippen LogP contribution in [0.1, 0.15) is 35.5 Å². The number of alkyl halides is 1. The van der Waals surface area contributed by atoms with Crippen molar-refractivity contribution in [1.29, 1.82) is 0 Å². The van der Waals surface area contributed by atoms with Gasteiger partial charge in [-0.15, -0.1) is 0 Å². The summed E-state index contributed by atoms with van der Waals surface area (Å²) in [5, 5.41) is 7.76. The normalized spacial score (nSPS) is 14.1. The van der Waals surface area contributed by atoms with Gasteiger partial charge in [0.1, 0.15) is 29.7 Å². The summed E-state index contributed by atoms with van der Waals surface area (Å²) in [6.45, 7) is 2.88. The zero-order chi connectivity index (χ0) is 24.7. The Morgan fingerprint density at radius 1 is 1.17 bits per heavy atom. The fourth-order valence-corrected chi connectivity index (χ4v) is 4.07. The number of aromatic nitrogens is 5. The number of rotatable bonds is 6. The summed E-state index contributed by atoms with van der Waals surface area (Å²) in [7, 11) is 0. The average Bonchev–Trinajstić information content (AvgIpc) is 3.32. The van der Waals surface area contributed by atoms with Crippen LogP contribution >= 0.6 is 0 Å². The van der Waals surface area contributed by atoms with E-state index in [2.05, 4.69) is 30.4 Å². The van der Waals surface area contributed by atoms with E-state index in [-0.39, 0.29) is 42.1 Å². The van der Waals surface area contributed by atoms with Gasteiger partial charge in [0.15, 0.2) is 17.3 Å². The predicted octanol–water partition coefficient (Wildman–Crippen LogP) is 3.05. The van der Waals surface area contributed by atoms with E-state index in [1.165, 1.54) is 6.07 Å². The van der Waals surface area contributed by atoms with E-state index >= 15 is 0 Å². The number of aliphatic imine (C=N–C) groups is 1. The summed E-state index contributed by atoms with van der Waals surface area (Å²) in [6, 6.07) is 9.95. The smallest absolute Gasteiger partial charge is 0.270 e. The average molecular weight is 476 g/mol. The maximum Gasteiger partial charge on any atom is 0.270 e. The van der Waals surface area contributed by atoms with Crippen molar-refractivity contribution in [2.45, 2.75) is 25.8 Å². The van der Waals surface area contributed by atoms with Crippen molar-refractivity contribution in [3.8, 4) is 11.5 Å². The number of amides is 1. The third kappa shape index (κ3) is 3.78. The van der Waals surface area contributed by atoms with E-state index in [0.29, 0.717) is 27.9 Å². The Bertz CT molecular complexity index is 1490. The molecule has 3 aromatic heterocycles. The van der Waals surface area contributed by atoms with Crippen LogP contribution in [0.15, 0.2) is 47.6 Å². The van der Waals surface area contributed by atoms with Crippen molar-refractivity contribution in [2.75, 3.05) is 13.2 Å². The van der Waals surface area contributed by atoms with E-state index in [1.54, 1.807) is 41.2 Å². The lowest BCUT2D eigenvalue weighted by molar-refractivity contribution is 0.0944. The molecule has 0 saturated carbocycles. The molecule has 0 bridgehead atoms. The van der Waals surface area contributed by atoms with Crippen LogP contribution in [-0.4, -0.2) is 49.7 Å². The number of hydrogen-bond acceptors (Lipinski definition) is 7. The molecular weight excluding hydrogens is 454 g/mol. The minimum absolute atomic E-state index is 0.0494. The van der Waals surface area contributed by atoms with Crippen molar-refractivity contribution in [1.82, 2.24) is 30.0 Å². The zero-order valence-electron chi connectivity index (χ0n) is 19.1. The van der Waals surface area contributed by atoms with Gasteiger partial charge >= 0.3 is 0 Å². The van der Waals surface area contributed by atoms with Gasteiger partial charge in [0.05, 0.1) is 17.3 Å². The van der Waals surface area contributed by atoms with E-state index in [0.717, 1.165) is 0 Å². The maximum atomic E-state index is 14.3. The highest BCUT2D eigenvalue weighted by Gasteiger charge is 2.40. The van der Waals surface area contributed by atoms with Gasteiger partial charge in [-0.25, -0.2) is 33.4 Å². The van der Waals surface area contributed by atoms with Gasteiger partial charge in [0, 0.05) is 23.9 Å². The first-order valence-electron chi connectivity index (χ1n) is 11.0. The van der Waals surface area contributed by atoms with Gasteiger partial charge in [-0.1, -0.05) is 18.2 Å². The molecule has 1 aromatic carbocycles. The van der Waals surface area contributed by atoms with Crippen LogP contribution in [0.2, 0.25) is 0 Å². The molecule has 1 aliphatic heterocycles. The molecule has 178 valence electrons. The first kappa shape index (κ1) is 22.5. The van der Waals surface area contributed by atoms with Crippen molar-refractivity contribution in [3.63, 3.8) is 0 Å². The summed E-state index contributed by atoms with van der Waals surface area (Å²) in [5.74, 6) is -0.248. The van der Waals surface area contributed by atoms with Crippen LogP contribution in [0.5, 0.6) is 0 Å². The van der Waals surface area contributed by atoms with E-state index < -0.39 is 18.0 Å². The second-order valence-electron chi connectivity index (χ2n) is 8.63. The molecule has 0 aliphatic carbocycles. The van der Waals surface area contributed by atoms with Gasteiger partial charge < -0.3 is 11.1 Å². The van der Waals surface area contributed by atoms with Gasteiger partial charge in [-0.2, -0.15) is 5.10 Å². The van der Waals surface area contributed by atoms with Crippen LogP contribution in [0, 0.1) is 5.82 Å². The fourth-order valence-electron chi connectivity index (χ4n) is 4.07. The number of hydrogen-bond donors (Lipinski definition) is 2. The topological polar surface area (TPSA) is 124 Å². The monoisotopic (exact) mass is 476 g/mol. The molecule has 0 saturated heterocycles. The maximum absolute atomic E-state index is 14.3. The van der Waals surface area contributed by atoms with Crippen molar-refractivity contribution >= 4 is 28.6 Å². The molecule has 4 aromatic rings. The molecule has 0 fully saturated rings. The largest absolute Gasteiger partial charge is 0.386 e. The Labute approximate surface area is 199 Å². The lowest BCUT2D eigenvalue weighted by atomic mass is 9.84. The predicted molar refractivity (Wildman–Crippen MR) is 127 cm³/mol. The Kier molecular flexibility index (Phi) is 5.46. The molecule has 5 rings (SSSR count). The number of nitrogens with zero attached hydrogens (tertiary/aromatic N) is 6. The minimum Gasteiger partial charge on any atom is -0.386 e. The number of benzene rings is 1. The van der Waals surface area contributed by atoms with Gasteiger partial charge in [-0.05, 0) is 32.0 Å². The quantitative estimate of drug-likeness (QED) is 0.441. The molecule has 0 radical (unpaired) electrons. The summed E-state index contributed by atoms with van der Waals surface area (Å²) in [5.41, 5.74) is 7.16. The van der Waals surface area contributed by atoms with Gasteiger partial charge in [-0.3, -0.25) is 4.79 Å². The molecule has 9 nitrogen and oxygen atoms in total. The molecular formula is C24H22F2N8O. The molecule has 1 amide bonds. The molecule has 0 unspecified atom stereocenters. The second kappa shape index (κ2) is 8.49. The Balaban J connectivity index is 1.68. The SMILES string of the molecule is CC1(C)C(N)=Nc2nc(-c3nn(Cc4ccccc4F)c4ncccc34)nc(C(=O)NCCF)c21. The van der Waals surface area contributed by atoms with Crippen LogP contribution in [0.4, 0.5) is 14.6 Å². The number of fused-ring (bicyclic) bond motifs is 2. The first-order chi connectivity index (χ1) is 16.8. The highest BCUT2D eigenvalue weighted by molar-refractivity contribution is 6.04. The van der Waals surface area contributed by atoms with Crippen molar-refractivity contribution < 1.29 is 13.6 Å². The van der Waals surface area contributed by atoms with E-state index in [4.69, 9.17) is 5.73 Å². The van der Waals surface area contributed by atoms with Gasteiger partial charge in [0.25, 0.3) is 5.91 Å². The Hall–Kier alpha value is -4.28. The third-order valence-electron chi connectivity index (χ3n) is 5.97. The molecule has 4 heterocycles. The fraction of sp³-hybridized carbons (Fsp3) is 0.250. The third-order valence-corrected chi connectivity index (χ3v) is 5.97. The number of carbonyl (C=O) groups is 1. The van der Waals surface area contributed by atoms with E-state index in [1.807, 2.05) is 13.8 Å². The number of halogens is 2. The highest BCUT2D eigenvalue weighted by Crippen LogP contribution is 2.40. The standard InChI is InChI=1S/C24H22F2N8O/c1-24(2)16-18(22(35)29-11-9-25)30-20(31-19(16)32-23(24)27)17-14-7-5-10-28-21(14)34(33-17)12-13-6-3-4-8-15(13)26/h3-8,10H,9,11-12H2,1-2H3,(H,29,35)(H2,27,30,31,32). The first-order valence-corrected chi connectivity index (χ1v) is 11.0. The summed E-state index contributed by atoms with van der Waals surface area (Å²) < 4.78 is 28.6. The van der Waals surface area contributed by atoms with Crippen molar-refractivity contribution in [2.24, 2.45) is 10.7 Å². The van der Waals surface area contributed by atoms with Crippen LogP contribution < -0.4 is 11.1 Å².